The van der Waals surface area contributed by atoms with Gasteiger partial charge in [-0.05, 0) is 43.0 Å². The minimum Gasteiger partial charge on any atom is -0.366 e. The first kappa shape index (κ1) is 16.6. The molecular weight excluding hydrogens is 302 g/mol. The van der Waals surface area contributed by atoms with Crippen LogP contribution in [0.25, 0.3) is 5.69 Å². The highest BCUT2D eigenvalue weighted by molar-refractivity contribution is 5.92. The number of rotatable bonds is 6. The van der Waals surface area contributed by atoms with Gasteiger partial charge in [-0.15, -0.1) is 0 Å². The molecule has 1 saturated carbocycles. The number of aromatic amines is 1. The molecule has 0 unspecified atom stereocenters. The first-order chi connectivity index (χ1) is 11.6. The van der Waals surface area contributed by atoms with Crippen molar-refractivity contribution in [3.05, 3.63) is 52.2 Å². The number of aromatic nitrogens is 2. The van der Waals surface area contributed by atoms with Gasteiger partial charge in [-0.1, -0.05) is 38.5 Å². The summed E-state index contributed by atoms with van der Waals surface area (Å²) in [6.07, 6.45) is 12.0. The Kier molecular flexibility index (Phi) is 5.18. The van der Waals surface area contributed by atoms with Crippen LogP contribution in [-0.4, -0.2) is 15.5 Å². The Bertz CT molecular complexity index is 737. The number of imidazole rings is 1. The molecule has 3 N–H and O–H groups in total. The number of aryl methyl sites for hydroxylation is 1. The molecule has 24 heavy (non-hydrogen) atoms. The number of nitrogens with one attached hydrogen (secondary N) is 1. The van der Waals surface area contributed by atoms with Gasteiger partial charge in [-0.3, -0.25) is 9.36 Å². The van der Waals surface area contributed by atoms with Crippen LogP contribution in [-0.2, 0) is 6.42 Å². The molecule has 5 heteroatoms. The van der Waals surface area contributed by atoms with E-state index in [1.807, 2.05) is 6.20 Å². The minimum atomic E-state index is -0.466. The molecule has 0 spiro atoms. The third kappa shape index (κ3) is 3.96. The number of hydrogen-bond donors (Lipinski definition) is 2. The predicted octanol–water partition coefficient (Wildman–Crippen LogP) is 3.17. The summed E-state index contributed by atoms with van der Waals surface area (Å²) >= 11 is 0. The van der Waals surface area contributed by atoms with E-state index in [9.17, 15) is 9.59 Å². The van der Waals surface area contributed by atoms with Crippen LogP contribution in [0.15, 0.2) is 35.3 Å². The predicted molar refractivity (Wildman–Crippen MR) is 94.4 cm³/mol. The van der Waals surface area contributed by atoms with Crippen LogP contribution < -0.4 is 11.4 Å². The lowest BCUT2D eigenvalue weighted by atomic mass is 9.86. The van der Waals surface area contributed by atoms with Crippen molar-refractivity contribution < 1.29 is 4.79 Å². The molecule has 0 aliphatic heterocycles. The monoisotopic (exact) mass is 327 g/mol. The zero-order valence-electron chi connectivity index (χ0n) is 14.0. The van der Waals surface area contributed by atoms with Crippen LogP contribution in [0.3, 0.4) is 0 Å². The van der Waals surface area contributed by atoms with Crippen LogP contribution in [0.4, 0.5) is 0 Å². The maximum absolute atomic E-state index is 12.1. The molecule has 1 aliphatic carbocycles. The van der Waals surface area contributed by atoms with E-state index >= 15 is 0 Å². The number of primary amides is 1. The minimum absolute atomic E-state index is 0.144. The number of hydrogen-bond acceptors (Lipinski definition) is 2. The second-order valence-corrected chi connectivity index (χ2v) is 6.76. The first-order valence-electron chi connectivity index (χ1n) is 8.84. The Morgan fingerprint density at radius 1 is 1.17 bits per heavy atom. The first-order valence-corrected chi connectivity index (χ1v) is 8.84. The number of nitrogens with two attached hydrogens (primary N) is 1. The van der Waals surface area contributed by atoms with Gasteiger partial charge in [-0.2, -0.15) is 0 Å². The summed E-state index contributed by atoms with van der Waals surface area (Å²) in [5, 5.41) is 0. The summed E-state index contributed by atoms with van der Waals surface area (Å²) in [7, 11) is 0. The third-order valence-electron chi connectivity index (χ3n) is 4.98. The molecule has 1 aromatic carbocycles. The number of benzene rings is 1. The van der Waals surface area contributed by atoms with E-state index in [1.165, 1.54) is 38.5 Å². The van der Waals surface area contributed by atoms with E-state index in [1.54, 1.807) is 28.8 Å². The summed E-state index contributed by atoms with van der Waals surface area (Å²) in [6, 6.07) is 6.75. The number of amides is 1. The maximum Gasteiger partial charge on any atom is 0.330 e. The van der Waals surface area contributed by atoms with E-state index < -0.39 is 5.91 Å². The highest BCUT2D eigenvalue weighted by atomic mass is 16.1. The fraction of sp³-hybridized carbons (Fsp3) is 0.474. The summed E-state index contributed by atoms with van der Waals surface area (Å²) < 4.78 is 1.58. The molecule has 128 valence electrons. The molecule has 0 saturated heterocycles. The lowest BCUT2D eigenvalue weighted by Gasteiger charge is -2.20. The quantitative estimate of drug-likeness (QED) is 0.854. The topological polar surface area (TPSA) is 80.9 Å². The molecule has 5 nitrogen and oxygen atoms in total. The van der Waals surface area contributed by atoms with Gasteiger partial charge in [0.15, 0.2) is 0 Å². The third-order valence-corrected chi connectivity index (χ3v) is 4.98. The van der Waals surface area contributed by atoms with Gasteiger partial charge >= 0.3 is 5.69 Å². The van der Waals surface area contributed by atoms with Crippen LogP contribution in [0.5, 0.6) is 0 Å². The summed E-state index contributed by atoms with van der Waals surface area (Å²) in [4.78, 5) is 26.2. The Morgan fingerprint density at radius 2 is 1.88 bits per heavy atom. The standard InChI is InChI=1S/C19H25N3O2/c20-18(23)15-9-11-17(12-10-15)22-13-16(21-19(22)24)8-4-7-14-5-2-1-3-6-14/h9-14H,1-8H2,(H2,20,23)(H,21,24). The van der Waals surface area contributed by atoms with Gasteiger partial charge in [0.2, 0.25) is 5.91 Å². The van der Waals surface area contributed by atoms with Gasteiger partial charge in [0.1, 0.15) is 0 Å². The Balaban J connectivity index is 1.62. The van der Waals surface area contributed by atoms with E-state index in [0.29, 0.717) is 5.56 Å². The molecule has 1 fully saturated rings. The van der Waals surface area contributed by atoms with Gasteiger partial charge in [0.25, 0.3) is 0 Å². The fourth-order valence-corrected chi connectivity index (χ4v) is 3.61. The average Bonchev–Trinajstić information content (AvgIpc) is 2.96. The molecule has 1 aromatic heterocycles. The van der Waals surface area contributed by atoms with E-state index in [0.717, 1.165) is 30.1 Å². The molecule has 1 heterocycles. The van der Waals surface area contributed by atoms with Crippen LogP contribution in [0, 0.1) is 5.92 Å². The van der Waals surface area contributed by atoms with Crippen LogP contribution in [0.2, 0.25) is 0 Å². The van der Waals surface area contributed by atoms with Crippen molar-refractivity contribution in [1.29, 1.82) is 0 Å². The van der Waals surface area contributed by atoms with Crippen molar-refractivity contribution in [1.82, 2.24) is 9.55 Å². The molecule has 0 atom stereocenters. The maximum atomic E-state index is 12.1. The summed E-state index contributed by atoms with van der Waals surface area (Å²) in [5.41, 5.74) is 7.24. The zero-order valence-corrected chi connectivity index (χ0v) is 14.0. The Morgan fingerprint density at radius 3 is 2.54 bits per heavy atom. The summed E-state index contributed by atoms with van der Waals surface area (Å²) in [6.45, 7) is 0. The molecule has 1 amide bonds. The second-order valence-electron chi connectivity index (χ2n) is 6.76. The van der Waals surface area contributed by atoms with Crippen molar-refractivity contribution in [2.45, 2.75) is 51.4 Å². The smallest absolute Gasteiger partial charge is 0.330 e. The van der Waals surface area contributed by atoms with Gasteiger partial charge < -0.3 is 10.7 Å². The number of carbonyl (C=O) groups excluding carboxylic acids is 1. The van der Waals surface area contributed by atoms with Crippen molar-refractivity contribution in [2.24, 2.45) is 11.7 Å². The van der Waals surface area contributed by atoms with E-state index in [-0.39, 0.29) is 5.69 Å². The normalized spacial score (nSPS) is 15.5. The van der Waals surface area contributed by atoms with Crippen molar-refractivity contribution in [3.63, 3.8) is 0 Å². The second kappa shape index (κ2) is 7.51. The average molecular weight is 327 g/mol. The van der Waals surface area contributed by atoms with Crippen molar-refractivity contribution >= 4 is 5.91 Å². The molecule has 3 rings (SSSR count). The number of H-pyrrole nitrogens is 1. The molecule has 2 aromatic rings. The van der Waals surface area contributed by atoms with E-state index in [4.69, 9.17) is 5.73 Å². The van der Waals surface area contributed by atoms with Crippen LogP contribution in [0.1, 0.15) is 61.0 Å². The molecule has 1 aliphatic rings. The molecule has 0 bridgehead atoms. The van der Waals surface area contributed by atoms with Gasteiger partial charge in [0, 0.05) is 17.5 Å². The zero-order chi connectivity index (χ0) is 16.9. The molecular formula is C19H25N3O2. The van der Waals surface area contributed by atoms with Crippen LogP contribution >= 0.6 is 0 Å². The summed E-state index contributed by atoms with van der Waals surface area (Å²) in [5.74, 6) is 0.403. The fourth-order valence-electron chi connectivity index (χ4n) is 3.61. The highest BCUT2D eigenvalue weighted by Crippen LogP contribution is 2.27. The van der Waals surface area contributed by atoms with Gasteiger partial charge in [0.05, 0.1) is 5.69 Å². The SMILES string of the molecule is NC(=O)c1ccc(-n2cc(CCCC3CCCCC3)[nH]c2=O)cc1. The molecule has 0 radical (unpaired) electrons. The van der Waals surface area contributed by atoms with Gasteiger partial charge in [-0.25, -0.2) is 4.79 Å². The van der Waals surface area contributed by atoms with Crippen molar-refractivity contribution in [3.8, 4) is 5.69 Å². The number of carbonyl (C=O) groups is 1. The largest absolute Gasteiger partial charge is 0.366 e. The highest BCUT2D eigenvalue weighted by Gasteiger charge is 2.13. The van der Waals surface area contributed by atoms with E-state index in [2.05, 4.69) is 4.98 Å². The Labute approximate surface area is 141 Å². The lowest BCUT2D eigenvalue weighted by molar-refractivity contribution is 0.100. The number of nitrogens with zero attached hydrogens (tertiary/aromatic N) is 1. The Hall–Kier alpha value is -2.30. The van der Waals surface area contributed by atoms with Crippen molar-refractivity contribution in [2.75, 3.05) is 0 Å². The lowest BCUT2D eigenvalue weighted by Crippen LogP contribution is -2.15.